The standard InChI is InChI=1S/C16H22N2O/c1-10(2)15-13-8-12(19-4)7-11(3)16(13)18-6-5-17-9-14(15)18/h7-8,10,17H,5-6,9H2,1-4H3. The van der Waals surface area contributed by atoms with Crippen molar-refractivity contribution in [3.63, 3.8) is 0 Å². The van der Waals surface area contributed by atoms with Gasteiger partial charge in [0.25, 0.3) is 0 Å². The lowest BCUT2D eigenvalue weighted by molar-refractivity contribution is 0.415. The summed E-state index contributed by atoms with van der Waals surface area (Å²) in [6, 6.07) is 4.34. The van der Waals surface area contributed by atoms with Crippen LogP contribution in [0.5, 0.6) is 5.75 Å². The first-order chi connectivity index (χ1) is 9.13. The van der Waals surface area contributed by atoms with E-state index in [1.54, 1.807) is 7.11 Å². The van der Waals surface area contributed by atoms with E-state index < -0.39 is 0 Å². The summed E-state index contributed by atoms with van der Waals surface area (Å²) in [4.78, 5) is 0. The third-order valence-corrected chi connectivity index (χ3v) is 4.09. The minimum Gasteiger partial charge on any atom is -0.497 e. The minimum absolute atomic E-state index is 0.533. The van der Waals surface area contributed by atoms with Crippen molar-refractivity contribution in [3.05, 3.63) is 29.0 Å². The SMILES string of the molecule is COc1cc(C)c2c(c1)c(C(C)C)c1n2CCNC1. The van der Waals surface area contributed by atoms with Crippen LogP contribution in [0.2, 0.25) is 0 Å². The summed E-state index contributed by atoms with van der Waals surface area (Å²) in [5, 5.41) is 4.86. The number of aromatic nitrogens is 1. The van der Waals surface area contributed by atoms with E-state index in [4.69, 9.17) is 4.74 Å². The van der Waals surface area contributed by atoms with Crippen LogP contribution < -0.4 is 10.1 Å². The average Bonchev–Trinajstić information content (AvgIpc) is 2.72. The Bertz CT molecular complexity index is 625. The van der Waals surface area contributed by atoms with Crippen LogP contribution in [-0.4, -0.2) is 18.2 Å². The Kier molecular flexibility index (Phi) is 3.02. The first-order valence-electron chi connectivity index (χ1n) is 7.03. The summed E-state index contributed by atoms with van der Waals surface area (Å²) in [5.41, 5.74) is 5.63. The van der Waals surface area contributed by atoms with Gasteiger partial charge in [-0.1, -0.05) is 13.8 Å². The van der Waals surface area contributed by atoms with Crippen LogP contribution in [0.3, 0.4) is 0 Å². The Morgan fingerprint density at radius 1 is 1.32 bits per heavy atom. The first-order valence-corrected chi connectivity index (χ1v) is 7.03. The fourth-order valence-electron chi connectivity index (χ4n) is 3.34. The Morgan fingerprint density at radius 3 is 2.79 bits per heavy atom. The average molecular weight is 258 g/mol. The van der Waals surface area contributed by atoms with E-state index in [9.17, 15) is 0 Å². The Labute approximate surface area is 114 Å². The van der Waals surface area contributed by atoms with Crippen molar-refractivity contribution in [1.29, 1.82) is 0 Å². The lowest BCUT2D eigenvalue weighted by Gasteiger charge is -2.20. The van der Waals surface area contributed by atoms with Crippen LogP contribution >= 0.6 is 0 Å². The summed E-state index contributed by atoms with van der Waals surface area (Å²) in [6.45, 7) is 9.83. The Morgan fingerprint density at radius 2 is 2.11 bits per heavy atom. The molecule has 102 valence electrons. The van der Waals surface area contributed by atoms with Gasteiger partial charge in [-0.3, -0.25) is 0 Å². The zero-order valence-electron chi connectivity index (χ0n) is 12.2. The molecule has 1 N–H and O–H groups in total. The van der Waals surface area contributed by atoms with Gasteiger partial charge in [0.05, 0.1) is 12.6 Å². The molecule has 0 aliphatic carbocycles. The molecule has 19 heavy (non-hydrogen) atoms. The molecule has 0 radical (unpaired) electrons. The second kappa shape index (κ2) is 4.57. The highest BCUT2D eigenvalue weighted by Gasteiger charge is 2.22. The van der Waals surface area contributed by atoms with E-state index in [1.807, 2.05) is 0 Å². The smallest absolute Gasteiger partial charge is 0.119 e. The highest BCUT2D eigenvalue weighted by molar-refractivity contribution is 5.90. The van der Waals surface area contributed by atoms with E-state index in [-0.39, 0.29) is 0 Å². The molecule has 0 amide bonds. The van der Waals surface area contributed by atoms with E-state index in [0.717, 1.165) is 25.4 Å². The predicted octanol–water partition coefficient (Wildman–Crippen LogP) is 3.18. The second-order valence-electron chi connectivity index (χ2n) is 5.68. The fraction of sp³-hybridized carbons (Fsp3) is 0.500. The molecule has 0 fully saturated rings. The number of benzene rings is 1. The van der Waals surface area contributed by atoms with Gasteiger partial charge >= 0.3 is 0 Å². The number of methoxy groups -OCH3 is 1. The molecule has 2 heterocycles. The molecule has 0 saturated heterocycles. The molecule has 3 heteroatoms. The molecule has 0 spiro atoms. The van der Waals surface area contributed by atoms with Crippen molar-refractivity contribution in [2.45, 2.75) is 39.8 Å². The summed E-state index contributed by atoms with van der Waals surface area (Å²) < 4.78 is 7.94. The van der Waals surface area contributed by atoms with E-state index in [1.165, 1.54) is 27.7 Å². The van der Waals surface area contributed by atoms with Crippen LogP contribution in [0, 0.1) is 6.92 Å². The Balaban J connectivity index is 2.39. The summed E-state index contributed by atoms with van der Waals surface area (Å²) in [5.74, 6) is 1.49. The zero-order valence-corrected chi connectivity index (χ0v) is 12.2. The van der Waals surface area contributed by atoms with Gasteiger partial charge in [0, 0.05) is 30.7 Å². The summed E-state index contributed by atoms with van der Waals surface area (Å²) in [6.07, 6.45) is 0. The van der Waals surface area contributed by atoms with E-state index in [0.29, 0.717) is 5.92 Å². The number of nitrogens with zero attached hydrogens (tertiary/aromatic N) is 1. The summed E-state index contributed by atoms with van der Waals surface area (Å²) in [7, 11) is 1.74. The van der Waals surface area contributed by atoms with Crippen LogP contribution in [0.25, 0.3) is 10.9 Å². The van der Waals surface area contributed by atoms with Gasteiger partial charge in [-0.15, -0.1) is 0 Å². The van der Waals surface area contributed by atoms with Crippen molar-refractivity contribution < 1.29 is 4.74 Å². The molecule has 0 atom stereocenters. The fourth-order valence-corrected chi connectivity index (χ4v) is 3.34. The topological polar surface area (TPSA) is 26.2 Å². The van der Waals surface area contributed by atoms with Crippen LogP contribution in [0.15, 0.2) is 12.1 Å². The number of ether oxygens (including phenoxy) is 1. The molecule has 0 bridgehead atoms. The first kappa shape index (κ1) is 12.5. The maximum absolute atomic E-state index is 5.45. The predicted molar refractivity (Wildman–Crippen MR) is 79.0 cm³/mol. The normalized spacial score (nSPS) is 15.0. The highest BCUT2D eigenvalue weighted by atomic mass is 16.5. The number of hydrogen-bond acceptors (Lipinski definition) is 2. The third kappa shape index (κ3) is 1.84. The van der Waals surface area contributed by atoms with Crippen LogP contribution in [-0.2, 0) is 13.1 Å². The molecule has 3 rings (SSSR count). The van der Waals surface area contributed by atoms with Gasteiger partial charge in [0.15, 0.2) is 0 Å². The van der Waals surface area contributed by atoms with Gasteiger partial charge in [0.1, 0.15) is 5.75 Å². The van der Waals surface area contributed by atoms with Crippen LogP contribution in [0.4, 0.5) is 0 Å². The van der Waals surface area contributed by atoms with Gasteiger partial charge in [-0.25, -0.2) is 0 Å². The van der Waals surface area contributed by atoms with Gasteiger partial charge < -0.3 is 14.6 Å². The number of aryl methyl sites for hydroxylation is 1. The molecule has 0 unspecified atom stereocenters. The molecule has 1 aromatic carbocycles. The monoisotopic (exact) mass is 258 g/mol. The maximum Gasteiger partial charge on any atom is 0.119 e. The highest BCUT2D eigenvalue weighted by Crippen LogP contribution is 2.37. The molecule has 0 saturated carbocycles. The molecule has 1 aromatic heterocycles. The molecule has 1 aliphatic heterocycles. The van der Waals surface area contributed by atoms with Crippen molar-refractivity contribution in [1.82, 2.24) is 9.88 Å². The molecule has 3 nitrogen and oxygen atoms in total. The van der Waals surface area contributed by atoms with Crippen molar-refractivity contribution in [3.8, 4) is 5.75 Å². The number of hydrogen-bond donors (Lipinski definition) is 1. The van der Waals surface area contributed by atoms with E-state index in [2.05, 4.69) is 42.8 Å². The number of rotatable bonds is 2. The third-order valence-electron chi connectivity index (χ3n) is 4.09. The minimum atomic E-state index is 0.533. The number of nitrogens with one attached hydrogen (secondary N) is 1. The van der Waals surface area contributed by atoms with Crippen molar-refractivity contribution >= 4 is 10.9 Å². The molecule has 1 aliphatic rings. The number of fused-ring (bicyclic) bond motifs is 3. The van der Waals surface area contributed by atoms with Crippen molar-refractivity contribution in [2.24, 2.45) is 0 Å². The van der Waals surface area contributed by atoms with Gasteiger partial charge in [-0.05, 0) is 36.1 Å². The van der Waals surface area contributed by atoms with Crippen LogP contribution in [0.1, 0.15) is 36.6 Å². The zero-order chi connectivity index (χ0) is 13.6. The van der Waals surface area contributed by atoms with Crippen molar-refractivity contribution in [2.75, 3.05) is 13.7 Å². The lowest BCUT2D eigenvalue weighted by atomic mass is 9.98. The molecular formula is C16H22N2O. The Hall–Kier alpha value is -1.48. The van der Waals surface area contributed by atoms with Gasteiger partial charge in [-0.2, -0.15) is 0 Å². The summed E-state index contributed by atoms with van der Waals surface area (Å²) >= 11 is 0. The largest absolute Gasteiger partial charge is 0.497 e. The lowest BCUT2D eigenvalue weighted by Crippen LogP contribution is -2.28. The van der Waals surface area contributed by atoms with E-state index >= 15 is 0 Å². The van der Waals surface area contributed by atoms with Gasteiger partial charge in [0.2, 0.25) is 0 Å². The molecule has 2 aromatic rings. The molecular weight excluding hydrogens is 236 g/mol. The quantitative estimate of drug-likeness (QED) is 0.895. The second-order valence-corrected chi connectivity index (χ2v) is 5.68. The maximum atomic E-state index is 5.45.